The lowest BCUT2D eigenvalue weighted by Crippen LogP contribution is -2.47. The van der Waals surface area contributed by atoms with Gasteiger partial charge in [0.1, 0.15) is 0 Å². The quantitative estimate of drug-likeness (QED) is 0.637. The van der Waals surface area contributed by atoms with Crippen LogP contribution in [0.2, 0.25) is 0 Å². The molecule has 2 amide bonds. The molecular formula is C14H28N2O4. The number of hydrogen-bond acceptors (Lipinski definition) is 3. The van der Waals surface area contributed by atoms with Crippen LogP contribution in [-0.4, -0.2) is 42.9 Å². The Hall–Kier alpha value is -1.30. The van der Waals surface area contributed by atoms with Gasteiger partial charge in [0.05, 0.1) is 6.42 Å². The van der Waals surface area contributed by atoms with E-state index in [1.807, 2.05) is 27.7 Å². The molecule has 2 atom stereocenters. The highest BCUT2D eigenvalue weighted by atomic mass is 16.5. The molecule has 0 aliphatic rings. The van der Waals surface area contributed by atoms with Crippen molar-refractivity contribution in [3.05, 3.63) is 0 Å². The number of carboxylic acids is 1. The van der Waals surface area contributed by atoms with Crippen LogP contribution < -0.4 is 10.6 Å². The topological polar surface area (TPSA) is 87.7 Å². The third-order valence-electron chi connectivity index (χ3n) is 2.75. The fraction of sp³-hybridized carbons (Fsp3) is 0.857. The molecule has 3 N–H and O–H groups in total. The predicted octanol–water partition coefficient (Wildman–Crippen LogP) is 1.99. The van der Waals surface area contributed by atoms with E-state index in [4.69, 9.17) is 9.84 Å². The van der Waals surface area contributed by atoms with Gasteiger partial charge in [-0.05, 0) is 25.2 Å². The molecular weight excluding hydrogens is 260 g/mol. The second kappa shape index (κ2) is 8.79. The highest BCUT2D eigenvalue weighted by Crippen LogP contribution is 2.22. The van der Waals surface area contributed by atoms with Gasteiger partial charge in [0.2, 0.25) is 0 Å². The van der Waals surface area contributed by atoms with Gasteiger partial charge in [0.15, 0.2) is 0 Å². The highest BCUT2D eigenvalue weighted by Gasteiger charge is 2.23. The van der Waals surface area contributed by atoms with E-state index in [2.05, 4.69) is 10.6 Å². The first-order valence-electron chi connectivity index (χ1n) is 6.92. The monoisotopic (exact) mass is 288 g/mol. The maximum atomic E-state index is 11.8. The number of urea groups is 1. The molecule has 0 bridgehead atoms. The minimum atomic E-state index is -0.910. The summed E-state index contributed by atoms with van der Waals surface area (Å²) in [6.07, 6.45) is 1.25. The largest absolute Gasteiger partial charge is 0.481 e. The zero-order chi connectivity index (χ0) is 15.8. The van der Waals surface area contributed by atoms with Crippen molar-refractivity contribution in [2.45, 2.75) is 59.0 Å². The number of ether oxygens (including phenoxy) is 1. The van der Waals surface area contributed by atoms with Crippen molar-refractivity contribution in [3.8, 4) is 0 Å². The number of amides is 2. The average Bonchev–Trinajstić information content (AvgIpc) is 2.22. The SMILES string of the molecule is COCCC(C)NC(=O)NC(CC(=O)O)CC(C)(C)C. The van der Waals surface area contributed by atoms with Gasteiger partial charge in [-0.2, -0.15) is 0 Å². The van der Waals surface area contributed by atoms with Gasteiger partial charge in [-0.3, -0.25) is 4.79 Å². The Labute approximate surface area is 121 Å². The van der Waals surface area contributed by atoms with Gasteiger partial charge in [-0.15, -0.1) is 0 Å². The van der Waals surface area contributed by atoms with Crippen molar-refractivity contribution >= 4 is 12.0 Å². The van der Waals surface area contributed by atoms with Crippen LogP contribution in [0.4, 0.5) is 4.79 Å². The lowest BCUT2D eigenvalue weighted by atomic mass is 9.87. The summed E-state index contributed by atoms with van der Waals surface area (Å²) in [5, 5.41) is 14.4. The number of carbonyl (C=O) groups excluding carboxylic acids is 1. The number of methoxy groups -OCH3 is 1. The normalized spacial score (nSPS) is 14.4. The molecule has 0 aliphatic carbocycles. The molecule has 6 heteroatoms. The zero-order valence-corrected chi connectivity index (χ0v) is 13.2. The second-order valence-electron chi connectivity index (χ2n) is 6.36. The van der Waals surface area contributed by atoms with Crippen molar-refractivity contribution in [3.63, 3.8) is 0 Å². The van der Waals surface area contributed by atoms with E-state index in [0.717, 1.165) is 0 Å². The Morgan fingerprint density at radius 2 is 1.85 bits per heavy atom. The summed E-state index contributed by atoms with van der Waals surface area (Å²) in [6, 6.07) is -0.721. The van der Waals surface area contributed by atoms with Crippen molar-refractivity contribution in [2.24, 2.45) is 5.41 Å². The Kier molecular flexibility index (Phi) is 8.22. The van der Waals surface area contributed by atoms with Gasteiger partial charge in [0, 0.05) is 25.8 Å². The van der Waals surface area contributed by atoms with Crippen LogP contribution in [-0.2, 0) is 9.53 Å². The molecule has 0 saturated carbocycles. The Morgan fingerprint density at radius 3 is 2.30 bits per heavy atom. The summed E-state index contributed by atoms with van der Waals surface area (Å²) in [5.41, 5.74) is -0.0466. The summed E-state index contributed by atoms with van der Waals surface area (Å²) in [5.74, 6) is -0.910. The van der Waals surface area contributed by atoms with E-state index >= 15 is 0 Å². The first-order valence-corrected chi connectivity index (χ1v) is 6.92. The third-order valence-corrected chi connectivity index (χ3v) is 2.75. The highest BCUT2D eigenvalue weighted by molar-refractivity contribution is 5.76. The summed E-state index contributed by atoms with van der Waals surface area (Å²) in [7, 11) is 1.61. The molecule has 0 aliphatic heterocycles. The van der Waals surface area contributed by atoms with Crippen LogP contribution in [0.15, 0.2) is 0 Å². The lowest BCUT2D eigenvalue weighted by molar-refractivity contribution is -0.137. The Bertz CT molecular complexity index is 313. The number of aliphatic carboxylic acids is 1. The van der Waals surface area contributed by atoms with Gasteiger partial charge in [0.25, 0.3) is 0 Å². The van der Waals surface area contributed by atoms with Crippen LogP contribution in [0.5, 0.6) is 0 Å². The van der Waals surface area contributed by atoms with E-state index in [-0.39, 0.29) is 30.0 Å². The molecule has 0 saturated heterocycles. The van der Waals surface area contributed by atoms with Crippen molar-refractivity contribution in [1.29, 1.82) is 0 Å². The third kappa shape index (κ3) is 10.6. The van der Waals surface area contributed by atoms with Crippen LogP contribution in [0.3, 0.4) is 0 Å². The minimum absolute atomic E-state index is 0.0185. The first kappa shape index (κ1) is 18.7. The number of hydrogen-bond donors (Lipinski definition) is 3. The van der Waals surface area contributed by atoms with Gasteiger partial charge in [-0.1, -0.05) is 20.8 Å². The molecule has 6 nitrogen and oxygen atoms in total. The molecule has 0 heterocycles. The summed E-state index contributed by atoms with van der Waals surface area (Å²) in [4.78, 5) is 22.7. The van der Waals surface area contributed by atoms with Crippen molar-refractivity contribution < 1.29 is 19.4 Å². The molecule has 0 aromatic heterocycles. The van der Waals surface area contributed by atoms with Crippen molar-refractivity contribution in [1.82, 2.24) is 10.6 Å². The Balaban J connectivity index is 4.34. The maximum Gasteiger partial charge on any atom is 0.315 e. The number of carboxylic acid groups (broad SMARTS) is 1. The van der Waals surface area contributed by atoms with Crippen LogP contribution >= 0.6 is 0 Å². The summed E-state index contributed by atoms with van der Waals surface area (Å²) < 4.78 is 4.94. The van der Waals surface area contributed by atoms with Crippen LogP contribution in [0.1, 0.15) is 47.0 Å². The second-order valence-corrected chi connectivity index (χ2v) is 6.36. The average molecular weight is 288 g/mol. The maximum absolute atomic E-state index is 11.8. The molecule has 0 fully saturated rings. The van der Waals surface area contributed by atoms with E-state index < -0.39 is 5.97 Å². The molecule has 20 heavy (non-hydrogen) atoms. The fourth-order valence-corrected chi connectivity index (χ4v) is 1.94. The molecule has 0 aromatic rings. The molecule has 118 valence electrons. The van der Waals surface area contributed by atoms with E-state index in [9.17, 15) is 9.59 Å². The molecule has 0 spiro atoms. The zero-order valence-electron chi connectivity index (χ0n) is 13.2. The van der Waals surface area contributed by atoms with E-state index in [1.165, 1.54) is 0 Å². The minimum Gasteiger partial charge on any atom is -0.481 e. The van der Waals surface area contributed by atoms with Crippen molar-refractivity contribution in [2.75, 3.05) is 13.7 Å². The molecule has 2 unspecified atom stereocenters. The number of carbonyl (C=O) groups is 2. The summed E-state index contributed by atoms with van der Waals surface area (Å²) in [6.45, 7) is 8.50. The van der Waals surface area contributed by atoms with E-state index in [1.54, 1.807) is 7.11 Å². The summed E-state index contributed by atoms with van der Waals surface area (Å²) >= 11 is 0. The first-order chi connectivity index (χ1) is 9.14. The van der Waals surface area contributed by atoms with Gasteiger partial charge in [-0.25, -0.2) is 4.79 Å². The smallest absolute Gasteiger partial charge is 0.315 e. The molecule has 0 radical (unpaired) electrons. The molecule has 0 rings (SSSR count). The fourth-order valence-electron chi connectivity index (χ4n) is 1.94. The Morgan fingerprint density at radius 1 is 1.25 bits per heavy atom. The molecule has 0 aromatic carbocycles. The van der Waals surface area contributed by atoms with Crippen LogP contribution in [0, 0.1) is 5.41 Å². The number of rotatable bonds is 8. The standard InChI is InChI=1S/C14H28N2O4/c1-10(6-7-20-5)15-13(19)16-11(8-12(17)18)9-14(2,3)4/h10-11H,6-9H2,1-5H3,(H,17,18)(H2,15,16,19). The van der Waals surface area contributed by atoms with Gasteiger partial charge < -0.3 is 20.5 Å². The van der Waals surface area contributed by atoms with Crippen LogP contribution in [0.25, 0.3) is 0 Å². The predicted molar refractivity (Wildman–Crippen MR) is 77.7 cm³/mol. The lowest BCUT2D eigenvalue weighted by Gasteiger charge is -2.26. The van der Waals surface area contributed by atoms with E-state index in [0.29, 0.717) is 19.4 Å². The number of nitrogens with one attached hydrogen (secondary N) is 2. The van der Waals surface area contributed by atoms with Gasteiger partial charge >= 0.3 is 12.0 Å².